The average molecular weight is 246 g/mol. The third kappa shape index (κ3) is 16.7. The van der Waals surface area contributed by atoms with E-state index in [1.807, 2.05) is 0 Å². The van der Waals surface area contributed by atoms with E-state index >= 15 is 0 Å². The molecule has 0 heterocycles. The predicted octanol–water partition coefficient (Wildman–Crippen LogP) is 3.00. The van der Waals surface area contributed by atoms with Gasteiger partial charge in [0.25, 0.3) is 0 Å². The Bertz CT molecular complexity index is 241. The summed E-state index contributed by atoms with van der Waals surface area (Å²) in [5, 5.41) is 0. The molecular formula is C11H18O6. The molecule has 0 aliphatic carbocycles. The highest BCUT2D eigenvalue weighted by Crippen LogP contribution is 1.86. The Morgan fingerprint density at radius 1 is 1.00 bits per heavy atom. The van der Waals surface area contributed by atoms with E-state index in [4.69, 9.17) is 0 Å². The zero-order chi connectivity index (χ0) is 13.5. The SMILES string of the molecule is CC=COC(=O)OC=CC.CCOC(=O)OC. The summed E-state index contributed by atoms with van der Waals surface area (Å²) in [7, 11) is 1.28. The quantitative estimate of drug-likeness (QED) is 0.563. The molecule has 6 heteroatoms. The number of ether oxygens (including phenoxy) is 4. The van der Waals surface area contributed by atoms with Crippen LogP contribution in [-0.2, 0) is 18.9 Å². The standard InChI is InChI=1S/C7H10O3.C4H8O3/c1-3-5-9-7(8)10-6-4-2;1-3-7-4(5)6-2/h3-6H,1-2H3;3H2,1-2H3. The van der Waals surface area contributed by atoms with Crippen molar-refractivity contribution in [3.8, 4) is 0 Å². The largest absolute Gasteiger partial charge is 0.518 e. The molecule has 0 spiro atoms. The predicted molar refractivity (Wildman–Crippen MR) is 61.2 cm³/mol. The van der Waals surface area contributed by atoms with Crippen LogP contribution >= 0.6 is 0 Å². The van der Waals surface area contributed by atoms with E-state index in [-0.39, 0.29) is 0 Å². The van der Waals surface area contributed by atoms with E-state index in [2.05, 4.69) is 18.9 Å². The molecule has 0 aromatic rings. The van der Waals surface area contributed by atoms with Crippen LogP contribution < -0.4 is 0 Å². The van der Waals surface area contributed by atoms with Crippen molar-refractivity contribution in [2.45, 2.75) is 20.8 Å². The molecule has 0 aliphatic heterocycles. The summed E-state index contributed by atoms with van der Waals surface area (Å²) in [4.78, 5) is 20.4. The first-order chi connectivity index (χ1) is 8.12. The van der Waals surface area contributed by atoms with Gasteiger partial charge in [-0.05, 0) is 20.8 Å². The molecule has 0 bridgehead atoms. The summed E-state index contributed by atoms with van der Waals surface area (Å²) >= 11 is 0. The molecule has 0 amide bonds. The van der Waals surface area contributed by atoms with Gasteiger partial charge in [-0.2, -0.15) is 0 Å². The van der Waals surface area contributed by atoms with Crippen LogP contribution in [0.3, 0.4) is 0 Å². The van der Waals surface area contributed by atoms with Crippen LogP contribution in [0.4, 0.5) is 9.59 Å². The summed E-state index contributed by atoms with van der Waals surface area (Å²) in [5.41, 5.74) is 0. The minimum absolute atomic E-state index is 0.368. The maximum atomic E-state index is 10.4. The van der Waals surface area contributed by atoms with Crippen molar-refractivity contribution in [1.82, 2.24) is 0 Å². The lowest BCUT2D eigenvalue weighted by Crippen LogP contribution is -2.02. The molecule has 0 saturated heterocycles. The molecule has 0 aromatic heterocycles. The van der Waals surface area contributed by atoms with Crippen molar-refractivity contribution >= 4 is 12.3 Å². The third-order valence-electron chi connectivity index (χ3n) is 1.03. The molecule has 98 valence electrons. The van der Waals surface area contributed by atoms with Crippen LogP contribution in [0, 0.1) is 0 Å². The molecule has 0 atom stereocenters. The normalized spacial score (nSPS) is 9.41. The first-order valence-corrected chi connectivity index (χ1v) is 4.92. The van der Waals surface area contributed by atoms with E-state index in [0.29, 0.717) is 6.61 Å². The smallest absolute Gasteiger partial charge is 0.438 e. The molecule has 0 unspecified atom stereocenters. The highest BCUT2D eigenvalue weighted by molar-refractivity contribution is 5.61. The van der Waals surface area contributed by atoms with E-state index in [9.17, 15) is 9.59 Å². The zero-order valence-corrected chi connectivity index (χ0v) is 10.5. The van der Waals surface area contributed by atoms with Gasteiger partial charge in [0.05, 0.1) is 26.2 Å². The van der Waals surface area contributed by atoms with Gasteiger partial charge < -0.3 is 18.9 Å². The fourth-order valence-corrected chi connectivity index (χ4v) is 0.452. The minimum atomic E-state index is -0.726. The first-order valence-electron chi connectivity index (χ1n) is 4.92. The van der Waals surface area contributed by atoms with E-state index in [1.165, 1.54) is 19.6 Å². The molecule has 0 fully saturated rings. The minimum Gasteiger partial charge on any atom is -0.438 e. The number of carbonyl (C=O) groups excluding carboxylic acids is 2. The summed E-state index contributed by atoms with van der Waals surface area (Å²) < 4.78 is 17.3. The van der Waals surface area contributed by atoms with Crippen molar-refractivity contribution in [2.24, 2.45) is 0 Å². The fraction of sp³-hybridized carbons (Fsp3) is 0.455. The van der Waals surface area contributed by atoms with Gasteiger partial charge in [0.1, 0.15) is 0 Å². The van der Waals surface area contributed by atoms with Crippen LogP contribution in [0.5, 0.6) is 0 Å². The van der Waals surface area contributed by atoms with Crippen molar-refractivity contribution in [3.63, 3.8) is 0 Å². The van der Waals surface area contributed by atoms with Gasteiger partial charge in [0.15, 0.2) is 0 Å². The van der Waals surface area contributed by atoms with Crippen LogP contribution in [-0.4, -0.2) is 26.0 Å². The van der Waals surface area contributed by atoms with Crippen LogP contribution in [0.1, 0.15) is 20.8 Å². The van der Waals surface area contributed by atoms with Gasteiger partial charge in [-0.1, -0.05) is 12.2 Å². The van der Waals surface area contributed by atoms with E-state index in [1.54, 1.807) is 32.9 Å². The third-order valence-corrected chi connectivity index (χ3v) is 1.03. The van der Waals surface area contributed by atoms with Crippen molar-refractivity contribution in [2.75, 3.05) is 13.7 Å². The Kier molecular flexibility index (Phi) is 14.4. The Morgan fingerprint density at radius 3 is 1.71 bits per heavy atom. The van der Waals surface area contributed by atoms with Crippen molar-refractivity contribution in [3.05, 3.63) is 24.7 Å². The molecule has 6 nitrogen and oxygen atoms in total. The van der Waals surface area contributed by atoms with Gasteiger partial charge in [0.2, 0.25) is 0 Å². The van der Waals surface area contributed by atoms with Gasteiger partial charge >= 0.3 is 12.3 Å². The lowest BCUT2D eigenvalue weighted by atomic mass is 10.7. The summed E-state index contributed by atoms with van der Waals surface area (Å²) in [5.74, 6) is 0. The Labute approximate surface area is 101 Å². The lowest BCUT2D eigenvalue weighted by Gasteiger charge is -1.94. The van der Waals surface area contributed by atoms with Gasteiger partial charge in [0, 0.05) is 0 Å². The number of rotatable bonds is 3. The zero-order valence-electron chi connectivity index (χ0n) is 10.5. The topological polar surface area (TPSA) is 71.1 Å². The number of carbonyl (C=O) groups is 2. The second-order valence-electron chi connectivity index (χ2n) is 2.31. The number of hydrogen-bond donors (Lipinski definition) is 0. The van der Waals surface area contributed by atoms with Gasteiger partial charge in [-0.15, -0.1) is 0 Å². The van der Waals surface area contributed by atoms with Crippen LogP contribution in [0.2, 0.25) is 0 Å². The van der Waals surface area contributed by atoms with Gasteiger partial charge in [-0.25, -0.2) is 9.59 Å². The average Bonchev–Trinajstić information content (AvgIpc) is 2.34. The second kappa shape index (κ2) is 14.0. The van der Waals surface area contributed by atoms with E-state index < -0.39 is 12.3 Å². The number of allylic oxidation sites excluding steroid dienone is 2. The lowest BCUT2D eigenvalue weighted by molar-refractivity contribution is 0.0771. The molecule has 0 aliphatic rings. The molecule has 0 saturated carbocycles. The highest BCUT2D eigenvalue weighted by atomic mass is 16.7. The van der Waals surface area contributed by atoms with Crippen molar-refractivity contribution in [1.29, 1.82) is 0 Å². The van der Waals surface area contributed by atoms with Crippen molar-refractivity contribution < 1.29 is 28.5 Å². The number of hydrogen-bond acceptors (Lipinski definition) is 6. The summed E-state index contributed by atoms with van der Waals surface area (Å²) in [6.45, 7) is 5.56. The Morgan fingerprint density at radius 2 is 1.47 bits per heavy atom. The summed E-state index contributed by atoms with van der Waals surface area (Å²) in [6.07, 6.45) is 4.35. The Hall–Kier alpha value is -1.98. The Balaban J connectivity index is 0. The molecule has 0 N–H and O–H groups in total. The maximum absolute atomic E-state index is 10.4. The van der Waals surface area contributed by atoms with Crippen LogP contribution in [0.25, 0.3) is 0 Å². The highest BCUT2D eigenvalue weighted by Gasteiger charge is 1.95. The monoisotopic (exact) mass is 246 g/mol. The fourth-order valence-electron chi connectivity index (χ4n) is 0.452. The second-order valence-corrected chi connectivity index (χ2v) is 2.31. The van der Waals surface area contributed by atoms with E-state index in [0.717, 1.165) is 0 Å². The first kappa shape index (κ1) is 17.4. The summed E-state index contributed by atoms with van der Waals surface area (Å²) in [6, 6.07) is 0. The molecule has 0 aromatic carbocycles. The van der Waals surface area contributed by atoms with Crippen LogP contribution in [0.15, 0.2) is 24.7 Å². The molecule has 0 rings (SSSR count). The molecule has 0 radical (unpaired) electrons. The van der Waals surface area contributed by atoms with Gasteiger partial charge in [-0.3, -0.25) is 0 Å². The molecule has 17 heavy (non-hydrogen) atoms. The maximum Gasteiger partial charge on any atom is 0.518 e. The molecular weight excluding hydrogens is 228 g/mol. The number of methoxy groups -OCH3 is 1.